The molecule has 1 saturated heterocycles. The Labute approximate surface area is 102 Å². The summed E-state index contributed by atoms with van der Waals surface area (Å²) in [5.74, 6) is 0.435. The first-order valence-electron chi connectivity index (χ1n) is 6.08. The molecule has 0 spiro atoms. The maximum absolute atomic E-state index is 12.4. The fourth-order valence-electron chi connectivity index (χ4n) is 2.20. The van der Waals surface area contributed by atoms with Gasteiger partial charge in [0.2, 0.25) is 0 Å². The van der Waals surface area contributed by atoms with E-state index in [-0.39, 0.29) is 11.4 Å². The quantitative estimate of drug-likeness (QED) is 0.808. The van der Waals surface area contributed by atoms with E-state index >= 15 is 0 Å². The van der Waals surface area contributed by atoms with E-state index in [1.807, 2.05) is 11.8 Å². The molecular formula is C13H20N2O2. The number of aryl methyl sites for hydroxylation is 1. The van der Waals surface area contributed by atoms with Crippen molar-refractivity contribution in [3.8, 4) is 0 Å². The second-order valence-corrected chi connectivity index (χ2v) is 5.26. The molecule has 0 unspecified atom stereocenters. The molecule has 2 heterocycles. The van der Waals surface area contributed by atoms with Crippen molar-refractivity contribution in [2.45, 2.75) is 32.7 Å². The molecule has 4 heteroatoms. The zero-order valence-corrected chi connectivity index (χ0v) is 10.7. The van der Waals surface area contributed by atoms with Crippen LogP contribution in [0.25, 0.3) is 0 Å². The van der Waals surface area contributed by atoms with Crippen LogP contribution in [0.4, 0.5) is 0 Å². The monoisotopic (exact) mass is 236 g/mol. The van der Waals surface area contributed by atoms with Crippen LogP contribution in [0, 0.1) is 6.92 Å². The lowest BCUT2D eigenvalue weighted by Crippen LogP contribution is -2.48. The van der Waals surface area contributed by atoms with Gasteiger partial charge >= 0.3 is 0 Å². The number of carbonyl (C=O) groups excluding carboxylic acids is 1. The van der Waals surface area contributed by atoms with Crippen molar-refractivity contribution in [2.75, 3.05) is 19.6 Å². The summed E-state index contributed by atoms with van der Waals surface area (Å²) in [4.78, 5) is 14.3. The van der Waals surface area contributed by atoms with Crippen molar-refractivity contribution in [2.24, 2.45) is 0 Å². The summed E-state index contributed by atoms with van der Waals surface area (Å²) in [5.41, 5.74) is 0.862. The van der Waals surface area contributed by atoms with Gasteiger partial charge in [-0.15, -0.1) is 0 Å². The minimum absolute atomic E-state index is 0.00759. The molecule has 94 valence electrons. The van der Waals surface area contributed by atoms with E-state index in [4.69, 9.17) is 4.42 Å². The van der Waals surface area contributed by atoms with E-state index in [0.29, 0.717) is 5.76 Å². The van der Waals surface area contributed by atoms with E-state index in [1.165, 1.54) is 0 Å². The maximum atomic E-state index is 12.4. The van der Waals surface area contributed by atoms with E-state index in [9.17, 15) is 4.79 Å². The Balaban J connectivity index is 2.22. The Morgan fingerprint density at radius 3 is 2.88 bits per heavy atom. The zero-order valence-electron chi connectivity index (χ0n) is 10.7. The number of rotatable bonds is 1. The number of nitrogens with zero attached hydrogens (tertiary/aromatic N) is 1. The molecule has 0 aromatic carbocycles. The van der Waals surface area contributed by atoms with Crippen molar-refractivity contribution in [3.63, 3.8) is 0 Å². The van der Waals surface area contributed by atoms with Crippen LogP contribution in [0.2, 0.25) is 0 Å². The standard InChI is InChI=1S/C13H20N2O2/c1-10-8-11(17-9-10)12(16)15-7-6-14-5-4-13(15,2)3/h8-9,14H,4-7H2,1-3H3. The van der Waals surface area contributed by atoms with Gasteiger partial charge in [0, 0.05) is 18.6 Å². The van der Waals surface area contributed by atoms with Gasteiger partial charge < -0.3 is 14.6 Å². The number of carbonyl (C=O) groups is 1. The topological polar surface area (TPSA) is 45.5 Å². The zero-order chi connectivity index (χ0) is 12.5. The molecule has 1 amide bonds. The first-order chi connectivity index (χ1) is 8.00. The Bertz CT molecular complexity index is 409. The van der Waals surface area contributed by atoms with Crippen molar-refractivity contribution in [3.05, 3.63) is 23.7 Å². The summed E-state index contributed by atoms with van der Waals surface area (Å²) in [5, 5.41) is 3.32. The molecule has 1 fully saturated rings. The number of hydrogen-bond acceptors (Lipinski definition) is 3. The summed E-state index contributed by atoms with van der Waals surface area (Å²) >= 11 is 0. The van der Waals surface area contributed by atoms with Crippen molar-refractivity contribution in [1.29, 1.82) is 0 Å². The molecule has 4 nitrogen and oxygen atoms in total. The first-order valence-corrected chi connectivity index (χ1v) is 6.08. The Kier molecular flexibility index (Phi) is 3.24. The highest BCUT2D eigenvalue weighted by molar-refractivity contribution is 5.92. The molecule has 1 aromatic heterocycles. The summed E-state index contributed by atoms with van der Waals surface area (Å²) < 4.78 is 5.30. The van der Waals surface area contributed by atoms with Crippen molar-refractivity contribution < 1.29 is 9.21 Å². The Hall–Kier alpha value is -1.29. The van der Waals surface area contributed by atoms with Gasteiger partial charge in [0.15, 0.2) is 5.76 Å². The molecule has 0 saturated carbocycles. The Morgan fingerprint density at radius 2 is 2.24 bits per heavy atom. The van der Waals surface area contributed by atoms with Crippen LogP contribution >= 0.6 is 0 Å². The predicted molar refractivity (Wildman–Crippen MR) is 66.0 cm³/mol. The van der Waals surface area contributed by atoms with Crippen LogP contribution in [0.5, 0.6) is 0 Å². The third kappa shape index (κ3) is 2.52. The van der Waals surface area contributed by atoms with Gasteiger partial charge in [0.25, 0.3) is 5.91 Å². The van der Waals surface area contributed by atoms with E-state index < -0.39 is 0 Å². The second-order valence-electron chi connectivity index (χ2n) is 5.26. The normalized spacial score (nSPS) is 20.1. The highest BCUT2D eigenvalue weighted by Crippen LogP contribution is 2.23. The minimum atomic E-state index is -0.124. The number of amides is 1. The summed E-state index contributed by atoms with van der Waals surface area (Å²) in [7, 11) is 0. The molecule has 0 atom stereocenters. The number of hydrogen-bond donors (Lipinski definition) is 1. The molecule has 1 aromatic rings. The van der Waals surface area contributed by atoms with Crippen LogP contribution in [0.15, 0.2) is 16.7 Å². The van der Waals surface area contributed by atoms with E-state index in [1.54, 1.807) is 12.3 Å². The van der Waals surface area contributed by atoms with E-state index in [0.717, 1.165) is 31.6 Å². The maximum Gasteiger partial charge on any atom is 0.290 e. The lowest BCUT2D eigenvalue weighted by atomic mass is 9.98. The SMILES string of the molecule is Cc1coc(C(=O)N2CCNCCC2(C)C)c1. The number of nitrogens with one attached hydrogen (secondary N) is 1. The summed E-state index contributed by atoms with van der Waals surface area (Å²) in [6.45, 7) is 8.66. The average Bonchev–Trinajstić information content (AvgIpc) is 2.60. The molecule has 0 bridgehead atoms. The predicted octanol–water partition coefficient (Wildman–Crippen LogP) is 1.80. The third-order valence-corrected chi connectivity index (χ3v) is 3.34. The molecule has 1 N–H and O–H groups in total. The van der Waals surface area contributed by atoms with Gasteiger partial charge in [0.1, 0.15) is 0 Å². The largest absolute Gasteiger partial charge is 0.459 e. The van der Waals surface area contributed by atoms with Crippen LogP contribution in [0.3, 0.4) is 0 Å². The third-order valence-electron chi connectivity index (χ3n) is 3.34. The average molecular weight is 236 g/mol. The second kappa shape index (κ2) is 4.53. The van der Waals surface area contributed by atoms with Crippen LogP contribution < -0.4 is 5.32 Å². The summed E-state index contributed by atoms with van der Waals surface area (Å²) in [6.07, 6.45) is 2.58. The first kappa shape index (κ1) is 12.2. The van der Waals surface area contributed by atoms with Crippen molar-refractivity contribution in [1.82, 2.24) is 10.2 Å². The molecule has 0 aliphatic carbocycles. The van der Waals surface area contributed by atoms with Crippen LogP contribution in [-0.4, -0.2) is 36.0 Å². The molecule has 17 heavy (non-hydrogen) atoms. The Morgan fingerprint density at radius 1 is 1.47 bits per heavy atom. The molecular weight excluding hydrogens is 216 g/mol. The molecule has 1 aliphatic heterocycles. The van der Waals surface area contributed by atoms with Crippen LogP contribution in [-0.2, 0) is 0 Å². The summed E-state index contributed by atoms with van der Waals surface area (Å²) in [6, 6.07) is 1.80. The number of furan rings is 1. The lowest BCUT2D eigenvalue weighted by molar-refractivity contribution is 0.0536. The lowest BCUT2D eigenvalue weighted by Gasteiger charge is -2.36. The minimum Gasteiger partial charge on any atom is -0.459 e. The van der Waals surface area contributed by atoms with Gasteiger partial charge in [-0.1, -0.05) is 0 Å². The smallest absolute Gasteiger partial charge is 0.290 e. The highest BCUT2D eigenvalue weighted by Gasteiger charge is 2.33. The molecule has 2 rings (SSSR count). The van der Waals surface area contributed by atoms with E-state index in [2.05, 4.69) is 19.2 Å². The van der Waals surface area contributed by atoms with Gasteiger partial charge in [-0.3, -0.25) is 4.79 Å². The highest BCUT2D eigenvalue weighted by atomic mass is 16.3. The van der Waals surface area contributed by atoms with Gasteiger partial charge in [-0.05, 0) is 45.4 Å². The fraction of sp³-hybridized carbons (Fsp3) is 0.615. The fourth-order valence-corrected chi connectivity index (χ4v) is 2.20. The molecule has 1 aliphatic rings. The van der Waals surface area contributed by atoms with Gasteiger partial charge in [-0.2, -0.15) is 0 Å². The van der Waals surface area contributed by atoms with Crippen LogP contribution in [0.1, 0.15) is 36.4 Å². The van der Waals surface area contributed by atoms with Gasteiger partial charge in [-0.25, -0.2) is 0 Å². The molecule has 0 radical (unpaired) electrons. The van der Waals surface area contributed by atoms with Crippen molar-refractivity contribution >= 4 is 5.91 Å². The van der Waals surface area contributed by atoms with Gasteiger partial charge in [0.05, 0.1) is 6.26 Å².